The van der Waals surface area contributed by atoms with Crippen LogP contribution in [0.4, 0.5) is 0 Å². The van der Waals surface area contributed by atoms with Gasteiger partial charge in [0.1, 0.15) is 0 Å². The third-order valence-corrected chi connectivity index (χ3v) is 4.79. The van der Waals surface area contributed by atoms with Gasteiger partial charge in [-0.3, -0.25) is 4.79 Å². The van der Waals surface area contributed by atoms with Crippen molar-refractivity contribution in [2.24, 2.45) is 5.41 Å². The number of Topliss-reactive ketones (excluding diaryl/α,β-unsaturated/α-hetero) is 1. The summed E-state index contributed by atoms with van der Waals surface area (Å²) in [6, 6.07) is 20.5. The van der Waals surface area contributed by atoms with Crippen LogP contribution in [0, 0.1) is 5.41 Å². The van der Waals surface area contributed by atoms with Gasteiger partial charge in [-0.05, 0) is 56.1 Å². The molecule has 25 heavy (non-hydrogen) atoms. The summed E-state index contributed by atoms with van der Waals surface area (Å²) in [6.45, 7) is 0.798. The lowest BCUT2D eigenvalue weighted by Gasteiger charge is -2.30. The van der Waals surface area contributed by atoms with Crippen molar-refractivity contribution in [2.75, 3.05) is 20.6 Å². The Kier molecular flexibility index (Phi) is 6.57. The minimum atomic E-state index is -0.300. The van der Waals surface area contributed by atoms with Gasteiger partial charge in [0.05, 0.1) is 5.41 Å². The molecule has 0 aliphatic heterocycles. The van der Waals surface area contributed by atoms with Gasteiger partial charge in [-0.25, -0.2) is 0 Å². The predicted molar refractivity (Wildman–Crippen MR) is 107 cm³/mol. The van der Waals surface area contributed by atoms with Crippen molar-refractivity contribution in [3.05, 3.63) is 77.4 Å². The van der Waals surface area contributed by atoms with Crippen LogP contribution in [0.25, 0.3) is 6.08 Å². The molecule has 1 saturated carbocycles. The lowest BCUT2D eigenvalue weighted by atomic mass is 9.78. The zero-order valence-corrected chi connectivity index (χ0v) is 15.8. The summed E-state index contributed by atoms with van der Waals surface area (Å²) < 4.78 is 0. The van der Waals surface area contributed by atoms with Crippen LogP contribution in [0.15, 0.2) is 66.2 Å². The molecular formula is C22H26ClNO. The van der Waals surface area contributed by atoms with E-state index in [0.717, 1.165) is 36.9 Å². The maximum absolute atomic E-state index is 13.3. The van der Waals surface area contributed by atoms with Crippen molar-refractivity contribution in [3.8, 4) is 0 Å². The number of carbonyl (C=O) groups is 1. The van der Waals surface area contributed by atoms with Gasteiger partial charge in [-0.2, -0.15) is 0 Å². The summed E-state index contributed by atoms with van der Waals surface area (Å²) in [5.41, 5.74) is 3.03. The third-order valence-electron chi connectivity index (χ3n) is 4.79. The molecule has 0 N–H and O–H groups in total. The Morgan fingerprint density at radius 2 is 1.60 bits per heavy atom. The van der Waals surface area contributed by atoms with E-state index in [9.17, 15) is 4.79 Å². The van der Waals surface area contributed by atoms with Gasteiger partial charge in [-0.15, -0.1) is 12.4 Å². The van der Waals surface area contributed by atoms with E-state index < -0.39 is 0 Å². The number of nitrogens with zero attached hydrogens (tertiary/aromatic N) is 1. The molecule has 132 valence electrons. The van der Waals surface area contributed by atoms with E-state index in [2.05, 4.69) is 61.5 Å². The lowest BCUT2D eigenvalue weighted by molar-refractivity contribution is -0.123. The average Bonchev–Trinajstić information content (AvgIpc) is 2.86. The molecule has 0 amide bonds. The van der Waals surface area contributed by atoms with Gasteiger partial charge in [-0.1, -0.05) is 60.7 Å². The highest BCUT2D eigenvalue weighted by Crippen LogP contribution is 2.42. The first-order valence-electron chi connectivity index (χ1n) is 8.58. The fraction of sp³-hybridized carbons (Fsp3) is 0.318. The summed E-state index contributed by atoms with van der Waals surface area (Å²) in [5, 5.41) is 0. The minimum absolute atomic E-state index is 0. The molecule has 0 saturated heterocycles. The minimum Gasteiger partial charge on any atom is -0.308 e. The lowest BCUT2D eigenvalue weighted by Crippen LogP contribution is -2.39. The van der Waals surface area contributed by atoms with E-state index in [-0.39, 0.29) is 17.8 Å². The van der Waals surface area contributed by atoms with E-state index in [1.54, 1.807) is 0 Å². The molecule has 1 fully saturated rings. The Hall–Kier alpha value is -1.90. The molecule has 2 nitrogen and oxygen atoms in total. The monoisotopic (exact) mass is 355 g/mol. The first-order chi connectivity index (χ1) is 11.6. The van der Waals surface area contributed by atoms with Gasteiger partial charge >= 0.3 is 0 Å². The van der Waals surface area contributed by atoms with Gasteiger partial charge < -0.3 is 4.90 Å². The number of halogens is 1. The third kappa shape index (κ3) is 4.59. The Labute approximate surface area is 157 Å². The number of rotatable bonds is 5. The van der Waals surface area contributed by atoms with Crippen LogP contribution in [0.2, 0.25) is 0 Å². The molecule has 1 aliphatic carbocycles. The first-order valence-corrected chi connectivity index (χ1v) is 8.58. The highest BCUT2D eigenvalue weighted by molar-refractivity contribution is 6.05. The standard InChI is InChI=1S/C22H25NO.ClH/c1-23(2)17-22(16-19-11-7-4-8-12-19)14-13-20(21(22)24)15-18-9-5-3-6-10-18;/h3-12,15H,13-14,16-17H2,1-2H3;1H. The van der Waals surface area contributed by atoms with Gasteiger partial charge in [0.15, 0.2) is 5.78 Å². The molecule has 0 radical (unpaired) electrons. The largest absolute Gasteiger partial charge is 0.308 e. The van der Waals surface area contributed by atoms with E-state index in [1.165, 1.54) is 5.56 Å². The van der Waals surface area contributed by atoms with Crippen LogP contribution in [0.5, 0.6) is 0 Å². The molecule has 0 aromatic heterocycles. The van der Waals surface area contributed by atoms with Crippen molar-refractivity contribution in [2.45, 2.75) is 19.3 Å². The summed E-state index contributed by atoms with van der Waals surface area (Å²) >= 11 is 0. The Balaban J connectivity index is 0.00000225. The summed E-state index contributed by atoms with van der Waals surface area (Å²) in [4.78, 5) is 15.4. The molecule has 1 unspecified atom stereocenters. The van der Waals surface area contributed by atoms with E-state index in [4.69, 9.17) is 0 Å². The SMILES string of the molecule is CN(C)CC1(Cc2ccccc2)CCC(=Cc2ccccc2)C1=O.Cl. The Morgan fingerprint density at radius 1 is 1.00 bits per heavy atom. The van der Waals surface area contributed by atoms with Crippen LogP contribution >= 0.6 is 12.4 Å². The second-order valence-corrected chi connectivity index (χ2v) is 7.09. The topological polar surface area (TPSA) is 20.3 Å². The smallest absolute Gasteiger partial charge is 0.166 e. The molecule has 2 aromatic rings. The van der Waals surface area contributed by atoms with E-state index >= 15 is 0 Å². The molecule has 1 atom stereocenters. The van der Waals surface area contributed by atoms with Crippen LogP contribution in [-0.2, 0) is 11.2 Å². The maximum atomic E-state index is 13.3. The second-order valence-electron chi connectivity index (χ2n) is 7.09. The first kappa shape index (κ1) is 19.4. The Morgan fingerprint density at radius 3 is 2.20 bits per heavy atom. The van der Waals surface area contributed by atoms with Crippen molar-refractivity contribution in [3.63, 3.8) is 0 Å². The quantitative estimate of drug-likeness (QED) is 0.728. The van der Waals surface area contributed by atoms with Crippen molar-refractivity contribution in [1.82, 2.24) is 4.90 Å². The molecule has 0 bridgehead atoms. The molecule has 3 heteroatoms. The van der Waals surface area contributed by atoms with Crippen molar-refractivity contribution in [1.29, 1.82) is 0 Å². The van der Waals surface area contributed by atoms with Crippen molar-refractivity contribution >= 4 is 24.3 Å². The van der Waals surface area contributed by atoms with Crippen LogP contribution in [-0.4, -0.2) is 31.3 Å². The molecule has 1 aliphatic rings. The molecule has 0 spiro atoms. The fourth-order valence-electron chi connectivity index (χ4n) is 3.80. The molecule has 0 heterocycles. The normalized spacial score (nSPS) is 21.6. The molecular weight excluding hydrogens is 330 g/mol. The van der Waals surface area contributed by atoms with Crippen LogP contribution in [0.3, 0.4) is 0 Å². The van der Waals surface area contributed by atoms with Gasteiger partial charge in [0.2, 0.25) is 0 Å². The summed E-state index contributed by atoms with van der Waals surface area (Å²) in [6.07, 6.45) is 4.69. The predicted octanol–water partition coefficient (Wildman–Crippen LogP) is 4.65. The van der Waals surface area contributed by atoms with Crippen LogP contribution < -0.4 is 0 Å². The van der Waals surface area contributed by atoms with Crippen molar-refractivity contribution < 1.29 is 4.79 Å². The van der Waals surface area contributed by atoms with Crippen LogP contribution in [0.1, 0.15) is 24.0 Å². The van der Waals surface area contributed by atoms with Gasteiger partial charge in [0, 0.05) is 6.54 Å². The average molecular weight is 356 g/mol. The maximum Gasteiger partial charge on any atom is 0.166 e. The number of benzene rings is 2. The zero-order chi connectivity index (χ0) is 17.0. The highest BCUT2D eigenvalue weighted by atomic mass is 35.5. The van der Waals surface area contributed by atoms with E-state index in [0.29, 0.717) is 5.78 Å². The highest BCUT2D eigenvalue weighted by Gasteiger charge is 2.44. The summed E-state index contributed by atoms with van der Waals surface area (Å²) in [7, 11) is 4.11. The number of hydrogen-bond donors (Lipinski definition) is 0. The number of allylic oxidation sites excluding steroid dienone is 1. The summed E-state index contributed by atoms with van der Waals surface area (Å²) in [5.74, 6) is 0.323. The fourth-order valence-corrected chi connectivity index (χ4v) is 3.80. The Bertz CT molecular complexity index is 724. The second kappa shape index (κ2) is 8.46. The zero-order valence-electron chi connectivity index (χ0n) is 14.9. The number of carbonyl (C=O) groups excluding carboxylic acids is 1. The van der Waals surface area contributed by atoms with Gasteiger partial charge in [0.25, 0.3) is 0 Å². The number of ketones is 1. The van der Waals surface area contributed by atoms with E-state index in [1.807, 2.05) is 24.3 Å². The number of hydrogen-bond acceptors (Lipinski definition) is 2. The molecule has 3 rings (SSSR count). The molecule has 2 aromatic carbocycles.